The van der Waals surface area contributed by atoms with Crippen molar-refractivity contribution in [1.82, 2.24) is 5.16 Å². The van der Waals surface area contributed by atoms with Gasteiger partial charge < -0.3 is 14.7 Å². The Morgan fingerprint density at radius 3 is 2.62 bits per heavy atom. The molecule has 0 saturated carbocycles. The van der Waals surface area contributed by atoms with Gasteiger partial charge in [-0.2, -0.15) is 0 Å². The number of nitrogens with one attached hydrogen (secondary N) is 1. The molecule has 2 amide bonds. The van der Waals surface area contributed by atoms with Crippen molar-refractivity contribution in [2.45, 2.75) is 12.8 Å². The minimum Gasteiger partial charge on any atom is -0.355 e. The molecule has 3 aromatic rings. The summed E-state index contributed by atoms with van der Waals surface area (Å²) in [7, 11) is 0. The van der Waals surface area contributed by atoms with Crippen molar-refractivity contribution in [3.63, 3.8) is 0 Å². The molecular formula is C20H17N3O3. The number of nitrogens with zero attached hydrogens (tertiary/aromatic N) is 2. The minimum absolute atomic E-state index is 0.0690. The number of carbonyl (C=O) groups is 2. The zero-order valence-electron chi connectivity index (χ0n) is 14.0. The van der Waals surface area contributed by atoms with Crippen molar-refractivity contribution in [3.05, 3.63) is 66.4 Å². The Morgan fingerprint density at radius 1 is 1.08 bits per heavy atom. The van der Waals surface area contributed by atoms with E-state index in [-0.39, 0.29) is 17.5 Å². The summed E-state index contributed by atoms with van der Waals surface area (Å²) in [5.41, 5.74) is 2.32. The zero-order valence-corrected chi connectivity index (χ0v) is 14.0. The quantitative estimate of drug-likeness (QED) is 0.780. The summed E-state index contributed by atoms with van der Waals surface area (Å²) in [5.74, 6) is 0.216. The van der Waals surface area contributed by atoms with Gasteiger partial charge in [-0.25, -0.2) is 0 Å². The van der Waals surface area contributed by atoms with Gasteiger partial charge in [0.1, 0.15) is 0 Å². The number of rotatable bonds is 4. The van der Waals surface area contributed by atoms with E-state index in [4.69, 9.17) is 4.52 Å². The predicted molar refractivity (Wildman–Crippen MR) is 97.9 cm³/mol. The number of aromatic nitrogens is 1. The van der Waals surface area contributed by atoms with Gasteiger partial charge in [0.2, 0.25) is 5.91 Å². The molecule has 1 fully saturated rings. The summed E-state index contributed by atoms with van der Waals surface area (Å²) >= 11 is 0. The second kappa shape index (κ2) is 6.84. The van der Waals surface area contributed by atoms with Crippen LogP contribution in [0.3, 0.4) is 0 Å². The Kier molecular flexibility index (Phi) is 4.23. The molecule has 1 N–H and O–H groups in total. The van der Waals surface area contributed by atoms with Gasteiger partial charge >= 0.3 is 0 Å². The first-order valence-corrected chi connectivity index (χ1v) is 8.45. The number of hydrogen-bond donors (Lipinski definition) is 1. The summed E-state index contributed by atoms with van der Waals surface area (Å²) in [4.78, 5) is 26.3. The molecule has 0 aliphatic carbocycles. The summed E-state index contributed by atoms with van der Waals surface area (Å²) in [5, 5.41) is 6.70. The van der Waals surface area contributed by atoms with Crippen LogP contribution in [0.25, 0.3) is 11.3 Å². The summed E-state index contributed by atoms with van der Waals surface area (Å²) in [6, 6.07) is 18.3. The molecule has 0 radical (unpaired) electrons. The van der Waals surface area contributed by atoms with Crippen molar-refractivity contribution in [3.8, 4) is 11.3 Å². The highest BCUT2D eigenvalue weighted by atomic mass is 16.5. The van der Waals surface area contributed by atoms with Gasteiger partial charge in [-0.15, -0.1) is 0 Å². The molecule has 6 nitrogen and oxygen atoms in total. The fourth-order valence-corrected chi connectivity index (χ4v) is 3.02. The molecule has 2 heterocycles. The first kappa shape index (κ1) is 16.1. The summed E-state index contributed by atoms with van der Waals surface area (Å²) in [6.07, 6.45) is 1.36. The fourth-order valence-electron chi connectivity index (χ4n) is 3.02. The molecule has 26 heavy (non-hydrogen) atoms. The van der Waals surface area contributed by atoms with Crippen LogP contribution in [0.2, 0.25) is 0 Å². The van der Waals surface area contributed by atoms with E-state index in [0.717, 1.165) is 12.0 Å². The molecule has 2 aromatic carbocycles. The first-order chi connectivity index (χ1) is 12.7. The molecule has 1 saturated heterocycles. The highest BCUT2D eigenvalue weighted by molar-refractivity contribution is 6.07. The van der Waals surface area contributed by atoms with Crippen LogP contribution in [0.5, 0.6) is 0 Å². The lowest BCUT2D eigenvalue weighted by atomic mass is 10.1. The van der Waals surface area contributed by atoms with Crippen LogP contribution in [-0.2, 0) is 4.79 Å². The highest BCUT2D eigenvalue weighted by Gasteiger charge is 2.24. The van der Waals surface area contributed by atoms with E-state index in [1.54, 1.807) is 17.0 Å². The van der Waals surface area contributed by atoms with Crippen LogP contribution in [0, 0.1) is 0 Å². The van der Waals surface area contributed by atoms with Gasteiger partial charge in [0, 0.05) is 24.6 Å². The molecule has 1 aliphatic heterocycles. The van der Waals surface area contributed by atoms with Crippen LogP contribution in [-0.4, -0.2) is 23.5 Å². The third-order valence-corrected chi connectivity index (χ3v) is 4.32. The average molecular weight is 347 g/mol. The van der Waals surface area contributed by atoms with Crippen molar-refractivity contribution < 1.29 is 14.1 Å². The number of carbonyl (C=O) groups excluding carboxylic acids is 2. The van der Waals surface area contributed by atoms with E-state index in [0.29, 0.717) is 30.1 Å². The first-order valence-electron chi connectivity index (χ1n) is 8.45. The fraction of sp³-hybridized carbons (Fsp3) is 0.150. The lowest BCUT2D eigenvalue weighted by Gasteiger charge is -2.19. The molecular weight excluding hydrogens is 330 g/mol. The standard InChI is InChI=1S/C20H17N3O3/c24-19-11-6-12-23(19)17-10-5-4-9-15(17)21-20(25)16-13-18(26-22-16)14-7-2-1-3-8-14/h1-5,7-10,13H,6,11-12H2,(H,21,25). The van der Waals surface area contributed by atoms with E-state index in [1.807, 2.05) is 48.5 Å². The smallest absolute Gasteiger partial charge is 0.277 e. The third-order valence-electron chi connectivity index (χ3n) is 4.32. The van der Waals surface area contributed by atoms with Crippen LogP contribution >= 0.6 is 0 Å². The number of amides is 2. The Morgan fingerprint density at radius 2 is 1.85 bits per heavy atom. The second-order valence-corrected chi connectivity index (χ2v) is 6.06. The topological polar surface area (TPSA) is 75.4 Å². The molecule has 1 aliphatic rings. The molecule has 4 rings (SSSR count). The molecule has 0 bridgehead atoms. The van der Waals surface area contributed by atoms with Crippen molar-refractivity contribution in [2.24, 2.45) is 0 Å². The largest absolute Gasteiger partial charge is 0.355 e. The van der Waals surface area contributed by atoms with Crippen molar-refractivity contribution >= 4 is 23.2 Å². The lowest BCUT2D eigenvalue weighted by Crippen LogP contribution is -2.25. The van der Waals surface area contributed by atoms with E-state index in [1.165, 1.54) is 0 Å². The Hall–Kier alpha value is -3.41. The second-order valence-electron chi connectivity index (χ2n) is 6.06. The molecule has 0 unspecified atom stereocenters. The van der Waals surface area contributed by atoms with E-state index >= 15 is 0 Å². The Labute approximate surface area is 150 Å². The summed E-state index contributed by atoms with van der Waals surface area (Å²) in [6.45, 7) is 0.661. The predicted octanol–water partition coefficient (Wildman–Crippen LogP) is 3.72. The molecule has 0 spiro atoms. The van der Waals surface area contributed by atoms with Crippen molar-refractivity contribution in [2.75, 3.05) is 16.8 Å². The highest BCUT2D eigenvalue weighted by Crippen LogP contribution is 2.30. The van der Waals surface area contributed by atoms with Crippen LogP contribution in [0.1, 0.15) is 23.3 Å². The zero-order chi connectivity index (χ0) is 17.9. The molecule has 6 heteroatoms. The minimum atomic E-state index is -0.380. The van der Waals surface area contributed by atoms with E-state index in [2.05, 4.69) is 10.5 Å². The number of benzene rings is 2. The van der Waals surface area contributed by atoms with Gasteiger partial charge in [0.05, 0.1) is 11.4 Å². The van der Waals surface area contributed by atoms with Crippen LogP contribution in [0.4, 0.5) is 11.4 Å². The molecule has 0 atom stereocenters. The van der Waals surface area contributed by atoms with Crippen LogP contribution < -0.4 is 10.2 Å². The van der Waals surface area contributed by atoms with E-state index < -0.39 is 0 Å². The van der Waals surface area contributed by atoms with Gasteiger partial charge in [0.25, 0.3) is 5.91 Å². The van der Waals surface area contributed by atoms with Gasteiger partial charge in [-0.3, -0.25) is 9.59 Å². The van der Waals surface area contributed by atoms with Gasteiger partial charge in [-0.05, 0) is 18.6 Å². The van der Waals surface area contributed by atoms with Gasteiger partial charge in [-0.1, -0.05) is 47.6 Å². The van der Waals surface area contributed by atoms with Gasteiger partial charge in [0.15, 0.2) is 11.5 Å². The summed E-state index contributed by atoms with van der Waals surface area (Å²) < 4.78 is 5.28. The SMILES string of the molecule is O=C(Nc1ccccc1N1CCCC1=O)c1cc(-c2ccccc2)on1. The number of anilines is 2. The maximum absolute atomic E-state index is 12.6. The Balaban J connectivity index is 1.56. The Bertz CT molecular complexity index is 950. The maximum Gasteiger partial charge on any atom is 0.277 e. The molecule has 1 aromatic heterocycles. The monoisotopic (exact) mass is 347 g/mol. The number of hydrogen-bond acceptors (Lipinski definition) is 4. The molecule has 130 valence electrons. The maximum atomic E-state index is 12.6. The normalized spacial score (nSPS) is 13.8. The van der Waals surface area contributed by atoms with E-state index in [9.17, 15) is 9.59 Å². The lowest BCUT2D eigenvalue weighted by molar-refractivity contribution is -0.117. The van der Waals surface area contributed by atoms with Crippen LogP contribution in [0.15, 0.2) is 65.2 Å². The average Bonchev–Trinajstić information content (AvgIpc) is 3.32. The van der Waals surface area contributed by atoms with Crippen molar-refractivity contribution in [1.29, 1.82) is 0 Å². The number of para-hydroxylation sites is 2. The third kappa shape index (κ3) is 3.09.